The molecule has 2 aromatic rings. The molecule has 1 heterocycles. The molecule has 0 aliphatic rings. The average molecular weight is 226 g/mol. The summed E-state index contributed by atoms with van der Waals surface area (Å²) < 4.78 is 7.12. The third kappa shape index (κ3) is 1.39. The van der Waals surface area contributed by atoms with Crippen LogP contribution in [0.1, 0.15) is 5.69 Å². The number of aryl methyl sites for hydroxylation is 1. The van der Waals surface area contributed by atoms with Gasteiger partial charge in [-0.1, -0.05) is 17.7 Å². The van der Waals surface area contributed by atoms with Crippen LogP contribution in [0.2, 0.25) is 5.02 Å². The lowest BCUT2D eigenvalue weighted by atomic mass is 10.2. The first-order valence-electron chi connectivity index (χ1n) is 4.61. The lowest BCUT2D eigenvalue weighted by Crippen LogP contribution is -1.95. The second kappa shape index (κ2) is 3.76. The summed E-state index contributed by atoms with van der Waals surface area (Å²) in [5.74, 6) is 0.729. The van der Waals surface area contributed by atoms with Gasteiger partial charge < -0.3 is 14.4 Å². The van der Waals surface area contributed by atoms with Gasteiger partial charge in [-0.3, -0.25) is 0 Å². The van der Waals surface area contributed by atoms with Crippen molar-refractivity contribution in [3.8, 4) is 5.75 Å². The summed E-state index contributed by atoms with van der Waals surface area (Å²) in [5, 5.41) is 10.6. The fraction of sp³-hybridized carbons (Fsp3) is 0.273. The van der Waals surface area contributed by atoms with Crippen molar-refractivity contribution < 1.29 is 9.84 Å². The number of hydrogen-bond acceptors (Lipinski definition) is 2. The van der Waals surface area contributed by atoms with Gasteiger partial charge in [0.1, 0.15) is 5.75 Å². The molecule has 0 fully saturated rings. The lowest BCUT2D eigenvalue weighted by Gasteiger charge is -2.02. The van der Waals surface area contributed by atoms with Crippen molar-refractivity contribution in [3.05, 3.63) is 28.9 Å². The number of fused-ring (bicyclic) bond motifs is 1. The summed E-state index contributed by atoms with van der Waals surface area (Å²) in [7, 11) is 3.48. The zero-order valence-corrected chi connectivity index (χ0v) is 9.38. The van der Waals surface area contributed by atoms with Crippen LogP contribution in [0.5, 0.6) is 5.75 Å². The van der Waals surface area contributed by atoms with E-state index in [1.165, 1.54) is 0 Å². The zero-order chi connectivity index (χ0) is 11.0. The highest BCUT2D eigenvalue weighted by Gasteiger charge is 2.15. The minimum atomic E-state index is -0.0762. The third-order valence-corrected chi connectivity index (χ3v) is 3.02. The number of halogens is 1. The molecular weight excluding hydrogens is 214 g/mol. The number of methoxy groups -OCH3 is 1. The van der Waals surface area contributed by atoms with Crippen molar-refractivity contribution in [2.75, 3.05) is 7.11 Å². The van der Waals surface area contributed by atoms with Crippen LogP contribution in [0.3, 0.4) is 0 Å². The Morgan fingerprint density at radius 3 is 2.80 bits per heavy atom. The molecule has 0 bridgehead atoms. The molecule has 0 unspecified atom stereocenters. The Kier molecular flexibility index (Phi) is 2.59. The summed E-state index contributed by atoms with van der Waals surface area (Å²) in [5.41, 5.74) is 1.67. The molecule has 0 amide bonds. The van der Waals surface area contributed by atoms with Crippen molar-refractivity contribution in [1.82, 2.24) is 4.57 Å². The monoisotopic (exact) mass is 225 g/mol. The predicted molar refractivity (Wildman–Crippen MR) is 60.4 cm³/mol. The van der Waals surface area contributed by atoms with E-state index in [1.54, 1.807) is 7.11 Å². The van der Waals surface area contributed by atoms with Crippen molar-refractivity contribution in [3.63, 3.8) is 0 Å². The molecule has 0 radical (unpaired) electrons. The largest absolute Gasteiger partial charge is 0.496 e. The first-order valence-corrected chi connectivity index (χ1v) is 4.99. The SMILES string of the molecule is COc1cccc2c1c(Cl)c(CO)n2C. The van der Waals surface area contributed by atoms with Gasteiger partial charge in [0.2, 0.25) is 0 Å². The highest BCUT2D eigenvalue weighted by Crippen LogP contribution is 2.36. The standard InChI is InChI=1S/C11H12ClNO2/c1-13-7-4-3-5-9(15-2)10(7)11(12)8(13)6-14/h3-5,14H,6H2,1-2H3. The second-order valence-corrected chi connectivity index (χ2v) is 3.71. The molecule has 0 atom stereocenters. The van der Waals surface area contributed by atoms with E-state index in [0.717, 1.165) is 16.7 Å². The van der Waals surface area contributed by atoms with Gasteiger partial charge in [0.05, 0.1) is 35.3 Å². The minimum absolute atomic E-state index is 0.0762. The van der Waals surface area contributed by atoms with Crippen molar-refractivity contribution >= 4 is 22.5 Å². The summed E-state index contributed by atoms with van der Waals surface area (Å²) in [4.78, 5) is 0. The van der Waals surface area contributed by atoms with E-state index in [9.17, 15) is 5.11 Å². The maximum Gasteiger partial charge on any atom is 0.129 e. The Labute approximate surface area is 92.8 Å². The second-order valence-electron chi connectivity index (χ2n) is 3.33. The Bertz CT molecular complexity index is 505. The van der Waals surface area contributed by atoms with Crippen LogP contribution in [0, 0.1) is 0 Å². The van der Waals surface area contributed by atoms with Crippen LogP contribution < -0.4 is 4.74 Å². The Morgan fingerprint density at radius 1 is 1.47 bits per heavy atom. The molecule has 0 saturated heterocycles. The van der Waals surface area contributed by atoms with Crippen molar-refractivity contribution in [2.45, 2.75) is 6.61 Å². The van der Waals surface area contributed by atoms with E-state index in [-0.39, 0.29) is 6.61 Å². The van der Waals surface area contributed by atoms with E-state index in [4.69, 9.17) is 16.3 Å². The number of hydrogen-bond donors (Lipinski definition) is 1. The van der Waals surface area contributed by atoms with E-state index >= 15 is 0 Å². The first kappa shape index (κ1) is 10.3. The van der Waals surface area contributed by atoms with Crippen LogP contribution in [0.25, 0.3) is 10.9 Å². The molecule has 15 heavy (non-hydrogen) atoms. The van der Waals surface area contributed by atoms with Gasteiger partial charge in [-0.25, -0.2) is 0 Å². The van der Waals surface area contributed by atoms with Crippen molar-refractivity contribution in [2.24, 2.45) is 7.05 Å². The fourth-order valence-corrected chi connectivity index (χ4v) is 2.18. The molecule has 0 aliphatic carbocycles. The number of aliphatic hydroxyl groups excluding tert-OH is 1. The average Bonchev–Trinajstić information content (AvgIpc) is 2.51. The maximum atomic E-state index is 9.22. The number of nitrogens with zero attached hydrogens (tertiary/aromatic N) is 1. The number of ether oxygens (including phenoxy) is 1. The van der Waals surface area contributed by atoms with Crippen LogP contribution in [-0.4, -0.2) is 16.8 Å². The van der Waals surface area contributed by atoms with E-state index in [0.29, 0.717) is 10.7 Å². The zero-order valence-electron chi connectivity index (χ0n) is 8.62. The van der Waals surface area contributed by atoms with Crippen LogP contribution >= 0.6 is 11.6 Å². The minimum Gasteiger partial charge on any atom is -0.496 e. The highest BCUT2D eigenvalue weighted by atomic mass is 35.5. The fourth-order valence-electron chi connectivity index (χ4n) is 1.80. The molecule has 1 aromatic carbocycles. The predicted octanol–water partition coefficient (Wildman–Crippen LogP) is 2.33. The smallest absolute Gasteiger partial charge is 0.129 e. The molecule has 0 spiro atoms. The van der Waals surface area contributed by atoms with E-state index in [1.807, 2.05) is 29.8 Å². The third-order valence-electron chi connectivity index (χ3n) is 2.61. The molecule has 0 saturated carbocycles. The topological polar surface area (TPSA) is 34.4 Å². The summed E-state index contributed by atoms with van der Waals surface area (Å²) in [6.45, 7) is -0.0762. The van der Waals surface area contributed by atoms with Gasteiger partial charge in [-0.2, -0.15) is 0 Å². The highest BCUT2D eigenvalue weighted by molar-refractivity contribution is 6.37. The van der Waals surface area contributed by atoms with E-state index < -0.39 is 0 Å². The van der Waals surface area contributed by atoms with Gasteiger partial charge in [0.25, 0.3) is 0 Å². The van der Waals surface area contributed by atoms with Gasteiger partial charge in [0.15, 0.2) is 0 Å². The van der Waals surface area contributed by atoms with Crippen LogP contribution in [0.15, 0.2) is 18.2 Å². The molecule has 3 nitrogen and oxygen atoms in total. The molecule has 80 valence electrons. The van der Waals surface area contributed by atoms with E-state index in [2.05, 4.69) is 0 Å². The Morgan fingerprint density at radius 2 is 2.20 bits per heavy atom. The van der Waals surface area contributed by atoms with Gasteiger partial charge in [-0.15, -0.1) is 0 Å². The molecule has 4 heteroatoms. The number of rotatable bonds is 2. The quantitative estimate of drug-likeness (QED) is 0.851. The summed E-state index contributed by atoms with van der Waals surface area (Å²) in [6.07, 6.45) is 0. The molecule has 0 aliphatic heterocycles. The maximum absolute atomic E-state index is 9.22. The van der Waals surface area contributed by atoms with Crippen LogP contribution in [-0.2, 0) is 13.7 Å². The molecular formula is C11H12ClNO2. The lowest BCUT2D eigenvalue weighted by molar-refractivity contribution is 0.273. The molecule has 1 aromatic heterocycles. The summed E-state index contributed by atoms with van der Waals surface area (Å²) in [6, 6.07) is 5.71. The first-order chi connectivity index (χ1) is 7.20. The summed E-state index contributed by atoms with van der Waals surface area (Å²) >= 11 is 6.19. The molecule has 2 rings (SSSR count). The van der Waals surface area contributed by atoms with Gasteiger partial charge >= 0.3 is 0 Å². The normalized spacial score (nSPS) is 10.9. The Hall–Kier alpha value is -1.19. The van der Waals surface area contributed by atoms with Crippen molar-refractivity contribution in [1.29, 1.82) is 0 Å². The van der Waals surface area contributed by atoms with Crippen LogP contribution in [0.4, 0.5) is 0 Å². The Balaban J connectivity index is 2.88. The number of aromatic nitrogens is 1. The van der Waals surface area contributed by atoms with Gasteiger partial charge in [-0.05, 0) is 12.1 Å². The molecule has 1 N–H and O–H groups in total. The number of benzene rings is 1. The number of aliphatic hydroxyl groups is 1. The van der Waals surface area contributed by atoms with Gasteiger partial charge in [0, 0.05) is 7.05 Å².